The van der Waals surface area contributed by atoms with Crippen LogP contribution in [0.25, 0.3) is 11.0 Å². The van der Waals surface area contributed by atoms with Crippen LogP contribution in [0.15, 0.2) is 33.2 Å². The van der Waals surface area contributed by atoms with E-state index in [1.165, 1.54) is 23.4 Å². The molecule has 1 N–H and O–H groups in total. The Balaban J connectivity index is 2.55. The first kappa shape index (κ1) is 17.8. The number of esters is 2. The highest BCUT2D eigenvalue weighted by atomic mass is 79.9. The summed E-state index contributed by atoms with van der Waals surface area (Å²) < 4.78 is 12.8. The molecule has 0 spiro atoms. The van der Waals surface area contributed by atoms with Crippen molar-refractivity contribution in [1.29, 1.82) is 0 Å². The number of fused-ring (bicyclic) bond motifs is 1. The fourth-order valence-electron chi connectivity index (χ4n) is 2.19. The first-order chi connectivity index (χ1) is 11.3. The van der Waals surface area contributed by atoms with Crippen molar-refractivity contribution in [3.8, 4) is 0 Å². The summed E-state index contributed by atoms with van der Waals surface area (Å²) >= 11 is 3.39. The second kappa shape index (κ2) is 6.91. The number of nitrogens with one attached hydrogen (secondary N) is 1. The van der Waals surface area contributed by atoms with Crippen LogP contribution < -0.4 is 11.0 Å². The fraction of sp³-hybridized carbons (Fsp3) is 0.267. The van der Waals surface area contributed by atoms with Crippen LogP contribution in [0.1, 0.15) is 0 Å². The summed E-state index contributed by atoms with van der Waals surface area (Å²) in [4.78, 5) is 35.3. The highest BCUT2D eigenvalue weighted by Gasteiger charge is 2.16. The van der Waals surface area contributed by atoms with E-state index in [1.54, 1.807) is 26.2 Å². The number of carbonyl (C=O) groups excluding carboxylic acids is 2. The zero-order chi connectivity index (χ0) is 18.0. The van der Waals surface area contributed by atoms with E-state index < -0.39 is 11.9 Å². The maximum absolute atomic E-state index is 12.0. The topological polar surface area (TPSA) is 91.6 Å². The van der Waals surface area contributed by atoms with E-state index in [-0.39, 0.29) is 11.4 Å². The average Bonchev–Trinajstić information content (AvgIpc) is 2.77. The average molecular weight is 398 g/mol. The van der Waals surface area contributed by atoms with Crippen LogP contribution in [0.4, 0.5) is 5.69 Å². The summed E-state index contributed by atoms with van der Waals surface area (Å²) in [5.74, 6) is -1.43. The number of carbonyl (C=O) groups is 2. The molecule has 0 saturated carbocycles. The lowest BCUT2D eigenvalue weighted by atomic mass is 10.2. The number of methoxy groups -OCH3 is 2. The predicted octanol–water partition coefficient (Wildman–Crippen LogP) is 1.28. The van der Waals surface area contributed by atoms with Gasteiger partial charge in [-0.1, -0.05) is 0 Å². The summed E-state index contributed by atoms with van der Waals surface area (Å²) in [7, 11) is 5.72. The lowest BCUT2D eigenvalue weighted by Crippen LogP contribution is -2.19. The summed E-state index contributed by atoms with van der Waals surface area (Å²) in [5, 5.41) is 2.83. The molecule has 0 fully saturated rings. The minimum atomic E-state index is -0.727. The third kappa shape index (κ3) is 3.21. The maximum Gasteiger partial charge on any atom is 0.354 e. The molecule has 9 heteroatoms. The van der Waals surface area contributed by atoms with Gasteiger partial charge in [-0.15, -0.1) is 0 Å². The summed E-state index contributed by atoms with van der Waals surface area (Å²) in [6.45, 7) is 0. The summed E-state index contributed by atoms with van der Waals surface area (Å²) in [6, 6.07) is 3.43. The van der Waals surface area contributed by atoms with E-state index in [9.17, 15) is 14.4 Å². The second-order valence-electron chi connectivity index (χ2n) is 4.92. The van der Waals surface area contributed by atoms with Crippen molar-refractivity contribution in [2.24, 2.45) is 14.1 Å². The molecular formula is C15H16BrN3O5. The highest BCUT2D eigenvalue weighted by Crippen LogP contribution is 2.29. The number of aromatic nitrogens is 2. The Morgan fingerprint density at radius 1 is 1.12 bits per heavy atom. The molecule has 0 saturated heterocycles. The predicted molar refractivity (Wildman–Crippen MR) is 91.6 cm³/mol. The Hall–Kier alpha value is -2.55. The zero-order valence-electron chi connectivity index (χ0n) is 13.5. The molecule has 2 rings (SSSR count). The number of rotatable bonds is 4. The molecule has 1 aromatic carbocycles. The van der Waals surface area contributed by atoms with Crippen LogP contribution in [-0.2, 0) is 33.2 Å². The SMILES string of the molecule is COC(=O)/C=C(/Nc1cc2c(cc1Br)n(C)c(=O)n2C)C(=O)OC. The van der Waals surface area contributed by atoms with Crippen molar-refractivity contribution < 1.29 is 19.1 Å². The number of anilines is 1. The smallest absolute Gasteiger partial charge is 0.354 e. The molecule has 0 amide bonds. The lowest BCUT2D eigenvalue weighted by molar-refractivity contribution is -0.138. The first-order valence-electron chi connectivity index (χ1n) is 6.80. The van der Waals surface area contributed by atoms with Crippen LogP contribution in [-0.4, -0.2) is 35.3 Å². The monoisotopic (exact) mass is 397 g/mol. The van der Waals surface area contributed by atoms with E-state index >= 15 is 0 Å². The standard InChI is InChI=1S/C15H16BrN3O5/c1-18-11-5-8(16)9(6-12(11)19(2)15(18)22)17-10(14(21)24-4)7-13(20)23-3/h5-7,17H,1-4H3/b10-7+. The highest BCUT2D eigenvalue weighted by molar-refractivity contribution is 9.10. The normalized spacial score (nSPS) is 11.5. The number of benzene rings is 1. The quantitative estimate of drug-likeness (QED) is 0.617. The number of nitrogens with zero attached hydrogens (tertiary/aromatic N) is 2. The van der Waals surface area contributed by atoms with Crippen molar-refractivity contribution in [2.45, 2.75) is 0 Å². The van der Waals surface area contributed by atoms with Gasteiger partial charge in [-0.3, -0.25) is 9.13 Å². The van der Waals surface area contributed by atoms with Gasteiger partial charge in [0.1, 0.15) is 5.70 Å². The molecule has 8 nitrogen and oxygen atoms in total. The van der Waals surface area contributed by atoms with Crippen LogP contribution in [0.5, 0.6) is 0 Å². The summed E-state index contributed by atoms with van der Waals surface area (Å²) in [5.41, 5.74) is 1.61. The number of aryl methyl sites for hydroxylation is 2. The largest absolute Gasteiger partial charge is 0.466 e. The molecule has 0 aliphatic rings. The van der Waals surface area contributed by atoms with Gasteiger partial charge in [0.25, 0.3) is 0 Å². The van der Waals surface area contributed by atoms with Gasteiger partial charge in [-0.2, -0.15) is 0 Å². The fourth-order valence-corrected chi connectivity index (χ4v) is 2.62. The second-order valence-corrected chi connectivity index (χ2v) is 5.77. The third-order valence-electron chi connectivity index (χ3n) is 3.50. The Morgan fingerprint density at radius 3 is 2.25 bits per heavy atom. The molecule has 0 bridgehead atoms. The number of hydrogen-bond acceptors (Lipinski definition) is 6. The van der Waals surface area contributed by atoms with Crippen LogP contribution in [0, 0.1) is 0 Å². The van der Waals surface area contributed by atoms with Crippen molar-refractivity contribution in [2.75, 3.05) is 19.5 Å². The van der Waals surface area contributed by atoms with Crippen LogP contribution in [0.2, 0.25) is 0 Å². The maximum atomic E-state index is 12.0. The molecular weight excluding hydrogens is 382 g/mol. The van der Waals surface area contributed by atoms with Gasteiger partial charge in [0.2, 0.25) is 0 Å². The van der Waals surface area contributed by atoms with Gasteiger partial charge in [0.15, 0.2) is 0 Å². The molecule has 2 aromatic rings. The lowest BCUT2D eigenvalue weighted by Gasteiger charge is -2.11. The van der Waals surface area contributed by atoms with Gasteiger partial charge < -0.3 is 14.8 Å². The number of halogens is 1. The first-order valence-corrected chi connectivity index (χ1v) is 7.59. The third-order valence-corrected chi connectivity index (χ3v) is 4.15. The Kier molecular flexibility index (Phi) is 5.13. The molecule has 1 aromatic heterocycles. The van der Waals surface area contributed by atoms with Gasteiger partial charge >= 0.3 is 17.6 Å². The van der Waals surface area contributed by atoms with Gasteiger partial charge in [0.05, 0.1) is 37.0 Å². The van der Waals surface area contributed by atoms with Crippen LogP contribution in [0.3, 0.4) is 0 Å². The minimum absolute atomic E-state index is 0.0923. The van der Waals surface area contributed by atoms with Crippen LogP contribution >= 0.6 is 15.9 Å². The van der Waals surface area contributed by atoms with Crippen molar-refractivity contribution >= 4 is 44.6 Å². The molecule has 128 valence electrons. The van der Waals surface area contributed by atoms with Crippen molar-refractivity contribution in [1.82, 2.24) is 9.13 Å². The summed E-state index contributed by atoms with van der Waals surface area (Å²) in [6.07, 6.45) is 0.993. The van der Waals surface area contributed by atoms with E-state index in [0.717, 1.165) is 11.6 Å². The molecule has 24 heavy (non-hydrogen) atoms. The number of imidazole rings is 1. The number of hydrogen-bond donors (Lipinski definition) is 1. The van der Waals surface area contributed by atoms with Crippen molar-refractivity contribution in [3.63, 3.8) is 0 Å². The van der Waals surface area contributed by atoms with E-state index in [4.69, 9.17) is 0 Å². The van der Waals surface area contributed by atoms with Crippen molar-refractivity contribution in [3.05, 3.63) is 38.9 Å². The van der Waals surface area contributed by atoms with E-state index in [2.05, 4.69) is 30.7 Å². The van der Waals surface area contributed by atoms with E-state index in [0.29, 0.717) is 15.7 Å². The zero-order valence-corrected chi connectivity index (χ0v) is 15.1. The minimum Gasteiger partial charge on any atom is -0.466 e. The van der Waals surface area contributed by atoms with Gasteiger partial charge in [-0.25, -0.2) is 14.4 Å². The number of ether oxygens (including phenoxy) is 2. The molecule has 0 unspecified atom stereocenters. The Morgan fingerprint density at radius 2 is 1.71 bits per heavy atom. The Labute approximate surface area is 145 Å². The van der Waals surface area contributed by atoms with E-state index in [1.807, 2.05) is 0 Å². The molecule has 0 atom stereocenters. The molecule has 0 aliphatic carbocycles. The molecule has 0 aliphatic heterocycles. The Bertz CT molecular complexity index is 910. The van der Waals surface area contributed by atoms with Gasteiger partial charge in [-0.05, 0) is 28.1 Å². The van der Waals surface area contributed by atoms with Gasteiger partial charge in [0, 0.05) is 18.6 Å². The molecule has 1 heterocycles. The molecule has 0 radical (unpaired) electrons.